The SMILES string of the molecule is CC1C(C(=Nc2ccc(F)c(C3CC3)c2)n2ccn(-c3ccc(CP(C)C)cc3)c2=O)=C(N)CCN1C(=O)c1cc2cc(C3CCOCC3)ccc2n1C1(c2noc(=O)[nH]2)CC1C. The van der Waals surface area contributed by atoms with Crippen LogP contribution < -0.4 is 17.2 Å². The monoisotopic (exact) mass is 870 g/mol. The van der Waals surface area contributed by atoms with E-state index in [1.807, 2.05) is 29.7 Å². The molecule has 10 rings (SSSR count). The molecule has 15 heteroatoms. The van der Waals surface area contributed by atoms with Gasteiger partial charge in [0.25, 0.3) is 5.91 Å². The van der Waals surface area contributed by atoms with Crippen molar-refractivity contribution in [2.24, 2.45) is 16.6 Å². The van der Waals surface area contributed by atoms with E-state index in [0.717, 1.165) is 42.7 Å². The van der Waals surface area contributed by atoms with Gasteiger partial charge in [0.1, 0.15) is 22.9 Å². The largest absolute Gasteiger partial charge is 0.438 e. The van der Waals surface area contributed by atoms with Gasteiger partial charge in [-0.25, -0.2) is 19.0 Å². The number of aliphatic imine (C=N–C) groups is 1. The van der Waals surface area contributed by atoms with Crippen molar-refractivity contribution in [3.63, 3.8) is 0 Å². The van der Waals surface area contributed by atoms with E-state index in [2.05, 4.69) is 60.7 Å². The number of aromatic nitrogens is 5. The lowest BCUT2D eigenvalue weighted by atomic mass is 9.91. The maximum absolute atomic E-state index is 15.4. The van der Waals surface area contributed by atoms with Gasteiger partial charge in [0, 0.05) is 60.7 Å². The molecule has 2 aliphatic carbocycles. The molecule has 13 nitrogen and oxygen atoms in total. The second kappa shape index (κ2) is 16.1. The second-order valence-electron chi connectivity index (χ2n) is 18.0. The van der Waals surface area contributed by atoms with Crippen LogP contribution in [-0.4, -0.2) is 79.6 Å². The first kappa shape index (κ1) is 41.2. The number of fused-ring (bicyclic) bond motifs is 1. The van der Waals surface area contributed by atoms with E-state index >= 15 is 9.18 Å². The minimum absolute atomic E-state index is 0.0265. The molecular weight excluding hydrogens is 819 g/mol. The summed E-state index contributed by atoms with van der Waals surface area (Å²) in [5.41, 5.74) is 12.3. The van der Waals surface area contributed by atoms with E-state index in [4.69, 9.17) is 20.0 Å². The summed E-state index contributed by atoms with van der Waals surface area (Å²) in [5, 5.41) is 5.08. The van der Waals surface area contributed by atoms with Gasteiger partial charge in [-0.05, 0) is 141 Å². The molecule has 3 atom stereocenters. The van der Waals surface area contributed by atoms with E-state index in [-0.39, 0.29) is 43.0 Å². The smallest absolute Gasteiger partial charge is 0.402 e. The summed E-state index contributed by atoms with van der Waals surface area (Å²) in [4.78, 5) is 52.1. The van der Waals surface area contributed by atoms with Crippen molar-refractivity contribution in [1.29, 1.82) is 0 Å². The lowest BCUT2D eigenvalue weighted by Crippen LogP contribution is -2.49. The summed E-state index contributed by atoms with van der Waals surface area (Å²) in [7, 11) is -0.128. The molecule has 3 fully saturated rings. The Morgan fingerprint density at radius 2 is 1.75 bits per heavy atom. The van der Waals surface area contributed by atoms with Crippen molar-refractivity contribution in [2.45, 2.75) is 82.0 Å². The number of halogens is 1. The average Bonchev–Trinajstić information content (AvgIpc) is 4.08. The van der Waals surface area contributed by atoms with Crippen molar-refractivity contribution >= 4 is 36.3 Å². The molecule has 0 bridgehead atoms. The van der Waals surface area contributed by atoms with Gasteiger partial charge in [-0.3, -0.25) is 23.4 Å². The number of carbonyl (C=O) groups is 1. The predicted octanol–water partition coefficient (Wildman–Crippen LogP) is 7.93. The van der Waals surface area contributed by atoms with Crippen molar-refractivity contribution < 1.29 is 18.4 Å². The molecule has 63 heavy (non-hydrogen) atoms. The van der Waals surface area contributed by atoms with Crippen LogP contribution in [0.2, 0.25) is 0 Å². The number of ether oxygens (including phenoxy) is 1. The van der Waals surface area contributed by atoms with E-state index < -0.39 is 17.3 Å². The highest BCUT2D eigenvalue weighted by atomic mass is 31.1. The molecule has 2 saturated carbocycles. The topological polar surface area (TPSA) is 159 Å². The molecule has 6 aromatic rings. The van der Waals surface area contributed by atoms with E-state index in [1.54, 1.807) is 34.0 Å². The third kappa shape index (κ3) is 7.40. The molecule has 0 spiro atoms. The number of nitrogens with zero attached hydrogens (tertiary/aromatic N) is 6. The maximum atomic E-state index is 15.4. The quantitative estimate of drug-likeness (QED) is 0.0804. The normalized spacial score (nSPS) is 22.1. The Labute approximate surface area is 365 Å². The molecule has 2 aliphatic heterocycles. The van der Waals surface area contributed by atoms with Gasteiger partial charge in [-0.2, -0.15) is 0 Å². The van der Waals surface area contributed by atoms with Gasteiger partial charge in [-0.15, -0.1) is 7.92 Å². The molecule has 3 unspecified atom stereocenters. The first-order valence-corrected chi connectivity index (χ1v) is 24.4. The van der Waals surface area contributed by atoms with Gasteiger partial charge in [0.15, 0.2) is 5.82 Å². The molecule has 0 radical (unpaired) electrons. The van der Waals surface area contributed by atoms with Crippen LogP contribution in [0, 0.1) is 11.7 Å². The molecule has 3 aromatic carbocycles. The van der Waals surface area contributed by atoms with Crippen LogP contribution in [0.25, 0.3) is 16.6 Å². The number of imidazole rings is 1. The maximum Gasteiger partial charge on any atom is 0.438 e. The fraction of sp³-hybridized carbons (Fsp3) is 0.396. The number of carbonyl (C=O) groups excluding carboxylic acids is 1. The van der Waals surface area contributed by atoms with Crippen LogP contribution in [0.3, 0.4) is 0 Å². The molecule has 326 valence electrons. The zero-order valence-corrected chi connectivity index (χ0v) is 36.9. The van der Waals surface area contributed by atoms with Crippen molar-refractivity contribution in [3.05, 3.63) is 145 Å². The van der Waals surface area contributed by atoms with Crippen LogP contribution in [0.5, 0.6) is 0 Å². The van der Waals surface area contributed by atoms with E-state index in [9.17, 15) is 9.59 Å². The minimum Gasteiger partial charge on any atom is -0.402 e. The first-order valence-electron chi connectivity index (χ1n) is 21.9. The Bertz CT molecular complexity index is 2930. The summed E-state index contributed by atoms with van der Waals surface area (Å²) in [6, 6.07) is 20.5. The highest BCUT2D eigenvalue weighted by Crippen LogP contribution is 2.56. The number of hydrogen-bond donors (Lipinski definition) is 2. The van der Waals surface area contributed by atoms with Gasteiger partial charge in [0.05, 0.1) is 17.4 Å². The number of amides is 1. The molecule has 1 amide bonds. The molecular formula is C48H52FN8O5P. The number of H-pyrrole nitrogens is 1. The van der Waals surface area contributed by atoms with Gasteiger partial charge in [0.2, 0.25) is 0 Å². The Morgan fingerprint density at radius 1 is 0.984 bits per heavy atom. The fourth-order valence-corrected chi connectivity index (χ4v) is 10.9. The Hall–Kier alpha value is -5.85. The number of hydrogen-bond acceptors (Lipinski definition) is 8. The number of nitrogens with one attached hydrogen (secondary N) is 1. The van der Waals surface area contributed by atoms with Crippen LogP contribution >= 0.6 is 7.92 Å². The third-order valence-electron chi connectivity index (χ3n) is 13.6. The number of benzene rings is 3. The van der Waals surface area contributed by atoms with Crippen molar-refractivity contribution in [3.8, 4) is 5.69 Å². The van der Waals surface area contributed by atoms with E-state index in [0.29, 0.717) is 78.2 Å². The summed E-state index contributed by atoms with van der Waals surface area (Å²) >= 11 is 0. The minimum atomic E-state index is -0.825. The molecule has 4 aliphatic rings. The van der Waals surface area contributed by atoms with Crippen LogP contribution in [0.4, 0.5) is 10.1 Å². The van der Waals surface area contributed by atoms with Crippen LogP contribution in [0.1, 0.15) is 97.2 Å². The van der Waals surface area contributed by atoms with Gasteiger partial charge < -0.3 is 19.9 Å². The van der Waals surface area contributed by atoms with E-state index in [1.165, 1.54) is 21.8 Å². The highest BCUT2D eigenvalue weighted by molar-refractivity contribution is 7.55. The summed E-state index contributed by atoms with van der Waals surface area (Å²) in [5.74, 6) is -0.0494. The zero-order valence-electron chi connectivity index (χ0n) is 36.0. The zero-order chi connectivity index (χ0) is 43.7. The van der Waals surface area contributed by atoms with Crippen molar-refractivity contribution in [2.75, 3.05) is 33.1 Å². The number of nitrogens with two attached hydrogens (primary N) is 1. The second-order valence-corrected chi connectivity index (χ2v) is 20.5. The standard InChI is InChI=1S/C48H52FN8O5P/c1-28-26-48(28,45-52-46(59)62-53-45)57-40-14-9-33(31-16-21-61-22-17-31)23-34(40)24-41(57)44(58)54-18-15-39(50)42(29(54)2)43(51-35-10-13-38(49)37(25-35)32-7-8-32)56-20-19-55(47(56)60)36-11-5-30(6-12-36)27-63(3)4/h5-6,9-14,19-20,23-25,28-29,31-32H,7-8,15-18,21-22,26-27,50H2,1-4H3,(H,52,53,59). The van der Waals surface area contributed by atoms with Gasteiger partial charge in [-0.1, -0.05) is 30.3 Å². The Kier molecular flexibility index (Phi) is 10.5. The molecule has 5 heterocycles. The van der Waals surface area contributed by atoms with Crippen LogP contribution in [0.15, 0.2) is 109 Å². The third-order valence-corrected chi connectivity index (χ3v) is 14.6. The molecule has 3 N–H and O–H groups in total. The number of aromatic amines is 1. The predicted molar refractivity (Wildman–Crippen MR) is 242 cm³/mol. The van der Waals surface area contributed by atoms with Gasteiger partial charge >= 0.3 is 11.4 Å². The molecule has 3 aromatic heterocycles. The lowest BCUT2D eigenvalue weighted by molar-refractivity contribution is 0.0697. The summed E-state index contributed by atoms with van der Waals surface area (Å²) < 4.78 is 30.9. The Balaban J connectivity index is 1.08. The number of rotatable bonds is 10. The lowest BCUT2D eigenvalue weighted by Gasteiger charge is -2.37. The summed E-state index contributed by atoms with van der Waals surface area (Å²) in [6.07, 6.45) is 8.98. The molecule has 1 saturated heterocycles. The average molecular weight is 871 g/mol. The van der Waals surface area contributed by atoms with Crippen LogP contribution in [-0.2, 0) is 16.4 Å². The highest BCUT2D eigenvalue weighted by Gasteiger charge is 2.59. The first-order chi connectivity index (χ1) is 30.4. The fourth-order valence-electron chi connectivity index (χ4n) is 9.96. The summed E-state index contributed by atoms with van der Waals surface area (Å²) in [6.45, 7) is 10.2. The van der Waals surface area contributed by atoms with Crippen molar-refractivity contribution in [1.82, 2.24) is 28.7 Å². The Morgan fingerprint density at radius 3 is 2.43 bits per heavy atom.